The average molecular weight is 547 g/mol. The highest BCUT2D eigenvalue weighted by atomic mass is 16.3. The highest BCUT2D eigenvalue weighted by molar-refractivity contribution is 5.99. The Bertz CT molecular complexity index is 1480. The van der Waals surface area contributed by atoms with Gasteiger partial charge in [-0.05, 0) is 31.7 Å². The van der Waals surface area contributed by atoms with Crippen LogP contribution >= 0.6 is 0 Å². The van der Waals surface area contributed by atoms with Crippen molar-refractivity contribution >= 4 is 40.7 Å². The van der Waals surface area contributed by atoms with Crippen molar-refractivity contribution in [2.45, 2.75) is 13.0 Å². The third kappa shape index (κ3) is 6.00. The SMILES string of the molecule is CNc1nc(Nc2ccc(C(C)N3CCN(C)CC3)cc2)c(C(N)=O)nc1-c1cncc2c1ncn2C.O=CO. The summed E-state index contributed by atoms with van der Waals surface area (Å²) in [6, 6.07) is 8.49. The lowest BCUT2D eigenvalue weighted by molar-refractivity contribution is -0.122. The lowest BCUT2D eigenvalue weighted by Crippen LogP contribution is -2.45. The molecule has 13 nitrogen and oxygen atoms in total. The fourth-order valence-corrected chi connectivity index (χ4v) is 4.67. The minimum Gasteiger partial charge on any atom is -0.483 e. The van der Waals surface area contributed by atoms with E-state index in [4.69, 9.17) is 15.6 Å². The normalized spacial score (nSPS) is 14.7. The van der Waals surface area contributed by atoms with E-state index in [-0.39, 0.29) is 18.0 Å². The number of amides is 1. The van der Waals surface area contributed by atoms with Crippen LogP contribution in [-0.4, -0.2) is 92.1 Å². The smallest absolute Gasteiger partial charge is 0.290 e. The number of rotatable bonds is 7. The number of benzene rings is 1. The molecule has 0 spiro atoms. The Balaban J connectivity index is 0.00000118. The maximum absolute atomic E-state index is 12.4. The second kappa shape index (κ2) is 12.5. The van der Waals surface area contributed by atoms with Crippen molar-refractivity contribution in [3.05, 3.63) is 54.2 Å². The number of nitrogens with zero attached hydrogens (tertiary/aromatic N) is 7. The Morgan fingerprint density at radius 1 is 1.07 bits per heavy atom. The molecule has 1 saturated heterocycles. The Kier molecular flexibility index (Phi) is 8.86. The van der Waals surface area contributed by atoms with Crippen LogP contribution in [0.2, 0.25) is 0 Å². The summed E-state index contributed by atoms with van der Waals surface area (Å²) in [7, 11) is 5.81. The number of fused-ring (bicyclic) bond motifs is 1. The van der Waals surface area contributed by atoms with Gasteiger partial charge in [-0.1, -0.05) is 12.1 Å². The van der Waals surface area contributed by atoms with Crippen LogP contribution in [0, 0.1) is 0 Å². The van der Waals surface area contributed by atoms with Gasteiger partial charge in [-0.15, -0.1) is 0 Å². The molecule has 1 unspecified atom stereocenters. The zero-order valence-electron chi connectivity index (χ0n) is 23.0. The van der Waals surface area contributed by atoms with E-state index in [0.29, 0.717) is 28.6 Å². The van der Waals surface area contributed by atoms with Crippen LogP contribution in [0.1, 0.15) is 29.0 Å². The largest absolute Gasteiger partial charge is 0.483 e. The van der Waals surface area contributed by atoms with Gasteiger partial charge in [0.2, 0.25) is 0 Å². The fourth-order valence-electron chi connectivity index (χ4n) is 4.67. The van der Waals surface area contributed by atoms with E-state index in [1.807, 2.05) is 23.7 Å². The Morgan fingerprint density at radius 2 is 1.75 bits per heavy atom. The second-order valence-electron chi connectivity index (χ2n) is 9.51. The predicted octanol–water partition coefficient (Wildman–Crippen LogP) is 2.32. The van der Waals surface area contributed by atoms with Crippen molar-refractivity contribution in [1.29, 1.82) is 0 Å². The van der Waals surface area contributed by atoms with Crippen LogP contribution < -0.4 is 16.4 Å². The molecule has 4 aromatic rings. The van der Waals surface area contributed by atoms with Crippen LogP contribution in [0.25, 0.3) is 22.3 Å². The number of carboxylic acid groups (broad SMARTS) is 1. The number of hydrogen-bond acceptors (Lipinski definition) is 10. The monoisotopic (exact) mass is 546 g/mol. The maximum Gasteiger partial charge on any atom is 0.290 e. The molecular formula is C27H34N10O3. The summed E-state index contributed by atoms with van der Waals surface area (Å²) >= 11 is 0. The highest BCUT2D eigenvalue weighted by Crippen LogP contribution is 2.32. The number of carbonyl (C=O) groups is 2. The van der Waals surface area contributed by atoms with Gasteiger partial charge in [0.25, 0.3) is 12.4 Å². The number of primary amides is 1. The average Bonchev–Trinajstić information content (AvgIpc) is 3.34. The molecular weight excluding hydrogens is 512 g/mol. The molecule has 210 valence electrons. The number of hydrogen-bond donors (Lipinski definition) is 4. The number of nitrogens with two attached hydrogens (primary N) is 1. The number of piperazine rings is 1. The minimum absolute atomic E-state index is 0.0387. The summed E-state index contributed by atoms with van der Waals surface area (Å²) in [5.41, 5.74) is 10.5. The van der Waals surface area contributed by atoms with Crippen LogP contribution in [0.4, 0.5) is 17.3 Å². The molecule has 5 N–H and O–H groups in total. The third-order valence-corrected chi connectivity index (χ3v) is 7.00. The van der Waals surface area contributed by atoms with Gasteiger partial charge in [-0.3, -0.25) is 19.5 Å². The van der Waals surface area contributed by atoms with Gasteiger partial charge in [0.1, 0.15) is 11.2 Å². The molecule has 1 aliphatic rings. The van der Waals surface area contributed by atoms with E-state index in [9.17, 15) is 4.79 Å². The summed E-state index contributed by atoms with van der Waals surface area (Å²) < 4.78 is 1.87. The van der Waals surface area contributed by atoms with Gasteiger partial charge >= 0.3 is 0 Å². The summed E-state index contributed by atoms with van der Waals surface area (Å²) in [6.45, 7) is 6.24. The van der Waals surface area contributed by atoms with Gasteiger partial charge in [0.05, 0.1) is 23.6 Å². The van der Waals surface area contributed by atoms with Gasteiger partial charge in [-0.2, -0.15) is 0 Å². The van der Waals surface area contributed by atoms with E-state index in [1.165, 1.54) is 5.56 Å². The van der Waals surface area contributed by atoms with Crippen molar-refractivity contribution in [2.75, 3.05) is 50.9 Å². The zero-order valence-corrected chi connectivity index (χ0v) is 23.0. The number of pyridine rings is 1. The summed E-state index contributed by atoms with van der Waals surface area (Å²) in [4.78, 5) is 43.7. The molecule has 1 amide bonds. The van der Waals surface area contributed by atoms with Crippen molar-refractivity contribution < 1.29 is 14.7 Å². The van der Waals surface area contributed by atoms with Gasteiger partial charge in [-0.25, -0.2) is 15.0 Å². The molecule has 13 heteroatoms. The van der Waals surface area contributed by atoms with Gasteiger partial charge in [0, 0.05) is 58.2 Å². The molecule has 0 bridgehead atoms. The summed E-state index contributed by atoms with van der Waals surface area (Å²) in [6.07, 6.45) is 5.11. The highest BCUT2D eigenvalue weighted by Gasteiger charge is 2.22. The van der Waals surface area contributed by atoms with Crippen molar-refractivity contribution in [2.24, 2.45) is 12.8 Å². The number of imidazole rings is 1. The van der Waals surface area contributed by atoms with E-state index in [1.54, 1.807) is 25.8 Å². The maximum atomic E-state index is 12.4. The fraction of sp³-hybridized carbons (Fsp3) is 0.333. The van der Waals surface area contributed by atoms with E-state index in [0.717, 1.165) is 37.4 Å². The Hall–Kier alpha value is -4.62. The number of anilines is 3. The summed E-state index contributed by atoms with van der Waals surface area (Å²) in [5, 5.41) is 13.2. The molecule has 1 atom stereocenters. The summed E-state index contributed by atoms with van der Waals surface area (Å²) in [5.74, 6) is 0.0785. The first-order valence-electron chi connectivity index (χ1n) is 12.8. The van der Waals surface area contributed by atoms with Crippen LogP contribution in [0.3, 0.4) is 0 Å². The third-order valence-electron chi connectivity index (χ3n) is 7.00. The van der Waals surface area contributed by atoms with Crippen LogP contribution in [0.15, 0.2) is 43.0 Å². The van der Waals surface area contributed by atoms with E-state index < -0.39 is 5.91 Å². The first-order chi connectivity index (χ1) is 19.3. The van der Waals surface area contributed by atoms with E-state index >= 15 is 0 Å². The number of nitrogens with one attached hydrogen (secondary N) is 2. The molecule has 0 saturated carbocycles. The standard InChI is InChI=1S/C26H32N10O.CH2O2/c1-16(36-11-9-34(3)10-12-36)17-5-7-18(8-6-17)31-26-23(24(27)37)32-22(25(28-2)33-26)19-13-29-14-20-21(19)30-15-35(20)4;2-1-3/h5-8,13-16H,9-12H2,1-4H3,(H2,27,37)(H2,28,31,33);1H,(H,2,3). The van der Waals surface area contributed by atoms with Crippen molar-refractivity contribution in [1.82, 2.24) is 34.3 Å². The number of aryl methyl sites for hydroxylation is 1. The zero-order chi connectivity index (χ0) is 28.8. The quantitative estimate of drug-likeness (QED) is 0.251. The molecule has 0 radical (unpaired) electrons. The molecule has 1 aromatic carbocycles. The number of carbonyl (C=O) groups excluding carboxylic acids is 1. The van der Waals surface area contributed by atoms with Crippen molar-refractivity contribution in [3.63, 3.8) is 0 Å². The first kappa shape index (κ1) is 28.4. The first-order valence-corrected chi connectivity index (χ1v) is 12.8. The Labute approximate surface area is 232 Å². The molecule has 4 heterocycles. The van der Waals surface area contributed by atoms with Crippen molar-refractivity contribution in [3.8, 4) is 11.3 Å². The van der Waals surface area contributed by atoms with E-state index in [2.05, 4.69) is 66.5 Å². The minimum atomic E-state index is -0.680. The molecule has 1 aliphatic heterocycles. The lowest BCUT2D eigenvalue weighted by atomic mass is 10.1. The lowest BCUT2D eigenvalue weighted by Gasteiger charge is -2.36. The van der Waals surface area contributed by atoms with Gasteiger partial charge in [0.15, 0.2) is 17.3 Å². The topological polar surface area (TPSA) is 167 Å². The van der Waals surface area contributed by atoms with Crippen LogP contribution in [0.5, 0.6) is 0 Å². The van der Waals surface area contributed by atoms with Gasteiger partial charge < -0.3 is 30.9 Å². The molecule has 5 rings (SSSR count). The molecule has 40 heavy (non-hydrogen) atoms. The molecule has 3 aromatic heterocycles. The number of aromatic nitrogens is 5. The number of likely N-dealkylation sites (N-methyl/N-ethyl adjacent to an activating group) is 1. The Morgan fingerprint density at radius 3 is 2.38 bits per heavy atom. The second-order valence-corrected chi connectivity index (χ2v) is 9.51. The predicted molar refractivity (Wildman–Crippen MR) is 154 cm³/mol. The molecule has 0 aliphatic carbocycles. The molecule has 1 fully saturated rings. The van der Waals surface area contributed by atoms with Crippen LogP contribution in [-0.2, 0) is 11.8 Å².